The predicted molar refractivity (Wildman–Crippen MR) is 146 cm³/mol. The Morgan fingerprint density at radius 2 is 2.05 bits per heavy atom. The summed E-state index contributed by atoms with van der Waals surface area (Å²) in [5.41, 5.74) is 4.85. The Hall–Kier alpha value is -3.85. The molecule has 3 heterocycles. The normalized spacial score (nSPS) is 17.3. The molecule has 2 aromatic heterocycles. The third-order valence-electron chi connectivity index (χ3n) is 7.74. The Bertz CT molecular complexity index is 1500. The van der Waals surface area contributed by atoms with Gasteiger partial charge in [0.1, 0.15) is 17.4 Å². The summed E-state index contributed by atoms with van der Waals surface area (Å²) in [6, 6.07) is 13.2. The number of benzene rings is 2. The van der Waals surface area contributed by atoms with E-state index in [2.05, 4.69) is 27.1 Å². The number of ether oxygens (including phenoxy) is 1. The van der Waals surface area contributed by atoms with Crippen molar-refractivity contribution < 1.29 is 19.0 Å². The molecule has 204 valence electrons. The van der Waals surface area contributed by atoms with Crippen molar-refractivity contribution in [3.63, 3.8) is 0 Å². The molecule has 1 unspecified atom stereocenters. The van der Waals surface area contributed by atoms with E-state index in [1.807, 2.05) is 44.2 Å². The highest BCUT2D eigenvalue weighted by Gasteiger charge is 2.31. The quantitative estimate of drug-likeness (QED) is 0.329. The summed E-state index contributed by atoms with van der Waals surface area (Å²) < 4.78 is 23.7. The van der Waals surface area contributed by atoms with Crippen molar-refractivity contribution in [1.82, 2.24) is 24.9 Å². The Kier molecular flexibility index (Phi) is 7.61. The van der Waals surface area contributed by atoms with Gasteiger partial charge in [0.2, 0.25) is 0 Å². The number of nitrogens with zero attached hydrogens (tertiary/aromatic N) is 5. The third-order valence-corrected chi connectivity index (χ3v) is 7.74. The van der Waals surface area contributed by atoms with Crippen molar-refractivity contribution in [2.24, 2.45) is 5.92 Å². The zero-order valence-electron chi connectivity index (χ0n) is 22.8. The minimum Gasteiger partial charge on any atom is -0.487 e. The molecule has 0 saturated heterocycles. The SMILES string of the molecule is CCC1CN(Cc2cc([C@@H](c3ccc4c(nnn4CC)c3F)[C@@H](C)C(=O)O)ccc2C)Cc2ncccc2O1. The number of carbonyl (C=O) groups is 1. The Labute approximate surface area is 227 Å². The van der Waals surface area contributed by atoms with Gasteiger partial charge in [0.25, 0.3) is 0 Å². The molecule has 0 amide bonds. The lowest BCUT2D eigenvalue weighted by molar-refractivity contribution is -0.141. The van der Waals surface area contributed by atoms with Gasteiger partial charge in [-0.2, -0.15) is 0 Å². The molecule has 0 fully saturated rings. The predicted octanol–water partition coefficient (Wildman–Crippen LogP) is 5.32. The second-order valence-electron chi connectivity index (χ2n) is 10.3. The molecular weight excluding hydrogens is 497 g/mol. The number of pyridine rings is 1. The van der Waals surface area contributed by atoms with Gasteiger partial charge >= 0.3 is 5.97 Å². The van der Waals surface area contributed by atoms with Gasteiger partial charge in [-0.25, -0.2) is 9.07 Å². The van der Waals surface area contributed by atoms with Crippen molar-refractivity contribution in [2.45, 2.75) is 65.8 Å². The van der Waals surface area contributed by atoms with Crippen LogP contribution in [0.2, 0.25) is 0 Å². The first kappa shape index (κ1) is 26.7. The highest BCUT2D eigenvalue weighted by atomic mass is 19.1. The average Bonchev–Trinajstić information content (AvgIpc) is 3.27. The van der Waals surface area contributed by atoms with Gasteiger partial charge < -0.3 is 9.84 Å². The zero-order valence-corrected chi connectivity index (χ0v) is 22.8. The third kappa shape index (κ3) is 5.23. The lowest BCUT2D eigenvalue weighted by atomic mass is 9.80. The highest BCUT2D eigenvalue weighted by molar-refractivity contribution is 5.78. The molecule has 0 bridgehead atoms. The van der Waals surface area contributed by atoms with Crippen LogP contribution in [0.1, 0.15) is 61.1 Å². The fourth-order valence-electron chi connectivity index (χ4n) is 5.43. The maximum atomic E-state index is 15.9. The summed E-state index contributed by atoms with van der Waals surface area (Å²) in [5, 5.41) is 18.1. The van der Waals surface area contributed by atoms with Crippen molar-refractivity contribution in [1.29, 1.82) is 0 Å². The molecule has 8 nitrogen and oxygen atoms in total. The van der Waals surface area contributed by atoms with Crippen molar-refractivity contribution in [3.05, 3.63) is 82.4 Å². The molecule has 39 heavy (non-hydrogen) atoms. The Morgan fingerprint density at radius 3 is 2.79 bits per heavy atom. The van der Waals surface area contributed by atoms with Gasteiger partial charge in [-0.1, -0.05) is 43.3 Å². The highest BCUT2D eigenvalue weighted by Crippen LogP contribution is 2.37. The second kappa shape index (κ2) is 11.1. The minimum atomic E-state index is -0.989. The number of hydrogen-bond acceptors (Lipinski definition) is 6. The fourth-order valence-corrected chi connectivity index (χ4v) is 5.43. The topological polar surface area (TPSA) is 93.4 Å². The first-order chi connectivity index (χ1) is 18.8. The Balaban J connectivity index is 1.53. The minimum absolute atomic E-state index is 0.0380. The number of carboxylic acid groups (broad SMARTS) is 1. The van der Waals surface area contributed by atoms with E-state index in [0.717, 1.165) is 41.1 Å². The van der Waals surface area contributed by atoms with E-state index < -0.39 is 23.6 Å². The number of rotatable bonds is 8. The van der Waals surface area contributed by atoms with Crippen LogP contribution in [0.4, 0.5) is 4.39 Å². The second-order valence-corrected chi connectivity index (χ2v) is 10.3. The van der Waals surface area contributed by atoms with E-state index in [9.17, 15) is 9.90 Å². The zero-order chi connectivity index (χ0) is 27.7. The number of aryl methyl sites for hydroxylation is 2. The van der Waals surface area contributed by atoms with Gasteiger partial charge in [-0.15, -0.1) is 5.10 Å². The van der Waals surface area contributed by atoms with E-state index >= 15 is 4.39 Å². The van der Waals surface area contributed by atoms with Crippen LogP contribution >= 0.6 is 0 Å². The lowest BCUT2D eigenvalue weighted by Crippen LogP contribution is -2.32. The van der Waals surface area contributed by atoms with Crippen molar-refractivity contribution in [3.8, 4) is 5.75 Å². The van der Waals surface area contributed by atoms with Crippen LogP contribution in [0.25, 0.3) is 11.0 Å². The number of fused-ring (bicyclic) bond motifs is 2. The van der Waals surface area contributed by atoms with E-state index in [0.29, 0.717) is 30.7 Å². The molecule has 3 atom stereocenters. The monoisotopic (exact) mass is 531 g/mol. The summed E-state index contributed by atoms with van der Waals surface area (Å²) in [5.74, 6) is -2.25. The van der Waals surface area contributed by atoms with Crippen LogP contribution in [-0.4, -0.2) is 48.6 Å². The lowest BCUT2D eigenvalue weighted by Gasteiger charge is -2.26. The molecule has 1 N–H and O–H groups in total. The van der Waals surface area contributed by atoms with Crippen LogP contribution < -0.4 is 4.74 Å². The van der Waals surface area contributed by atoms with Gasteiger partial charge in [0.05, 0.1) is 17.1 Å². The summed E-state index contributed by atoms with van der Waals surface area (Å²) in [6.45, 7) is 10.3. The number of aromatic nitrogens is 4. The van der Waals surface area contributed by atoms with E-state index in [4.69, 9.17) is 4.74 Å². The standard InChI is InChI=1S/C30H34FN5O3/c1-5-22-16-35(17-24-26(39-22)8-7-13-32-24)15-21-14-20(10-9-18(21)3)27(19(4)30(37)38)23-11-12-25-29(28(23)31)33-34-36(25)6-2/h7-14,19,22,27H,5-6,15-17H2,1-4H3,(H,37,38)/t19-,22?,27+/m1/s1. The van der Waals surface area contributed by atoms with E-state index in [-0.39, 0.29) is 11.6 Å². The molecule has 1 aliphatic rings. The van der Waals surface area contributed by atoms with E-state index in [1.165, 1.54) is 0 Å². The van der Waals surface area contributed by atoms with Crippen LogP contribution in [0.3, 0.4) is 0 Å². The molecular formula is C30H34FN5O3. The molecule has 0 aliphatic carbocycles. The summed E-state index contributed by atoms with van der Waals surface area (Å²) in [4.78, 5) is 19.1. The van der Waals surface area contributed by atoms with Gasteiger partial charge in [0.15, 0.2) is 5.82 Å². The van der Waals surface area contributed by atoms with Gasteiger partial charge in [0, 0.05) is 38.3 Å². The largest absolute Gasteiger partial charge is 0.487 e. The molecule has 2 aromatic carbocycles. The number of carboxylic acids is 1. The molecule has 4 aromatic rings. The Morgan fingerprint density at radius 1 is 1.23 bits per heavy atom. The summed E-state index contributed by atoms with van der Waals surface area (Å²) in [6.07, 6.45) is 2.68. The van der Waals surface area contributed by atoms with Crippen LogP contribution in [-0.2, 0) is 24.4 Å². The maximum Gasteiger partial charge on any atom is 0.307 e. The van der Waals surface area contributed by atoms with Crippen molar-refractivity contribution in [2.75, 3.05) is 6.54 Å². The van der Waals surface area contributed by atoms with Crippen LogP contribution in [0.5, 0.6) is 5.75 Å². The first-order valence-corrected chi connectivity index (χ1v) is 13.5. The molecule has 9 heteroatoms. The maximum absolute atomic E-state index is 15.9. The molecule has 0 spiro atoms. The van der Waals surface area contributed by atoms with Crippen LogP contribution in [0, 0.1) is 18.7 Å². The molecule has 0 radical (unpaired) electrons. The van der Waals surface area contributed by atoms with Gasteiger partial charge in [-0.3, -0.25) is 14.7 Å². The summed E-state index contributed by atoms with van der Waals surface area (Å²) in [7, 11) is 0. The van der Waals surface area contributed by atoms with Crippen molar-refractivity contribution >= 4 is 17.0 Å². The number of halogens is 1. The number of hydrogen-bond donors (Lipinski definition) is 1. The number of aliphatic carboxylic acids is 1. The smallest absolute Gasteiger partial charge is 0.307 e. The molecule has 1 aliphatic heterocycles. The summed E-state index contributed by atoms with van der Waals surface area (Å²) >= 11 is 0. The first-order valence-electron chi connectivity index (χ1n) is 13.5. The molecule has 0 saturated carbocycles. The average molecular weight is 532 g/mol. The van der Waals surface area contributed by atoms with E-state index in [1.54, 1.807) is 29.9 Å². The molecule has 5 rings (SSSR count). The van der Waals surface area contributed by atoms with Gasteiger partial charge in [-0.05, 0) is 60.7 Å². The fraction of sp³-hybridized carbons (Fsp3) is 0.400. The van der Waals surface area contributed by atoms with Crippen LogP contribution in [0.15, 0.2) is 48.7 Å².